The summed E-state index contributed by atoms with van der Waals surface area (Å²) in [5, 5.41) is 20.7. The zero-order valence-electron chi connectivity index (χ0n) is 17.1. The molecule has 1 N–H and O–H groups in total. The molecule has 1 heterocycles. The van der Waals surface area contributed by atoms with E-state index in [-0.39, 0.29) is 5.57 Å². The van der Waals surface area contributed by atoms with Crippen molar-refractivity contribution in [1.29, 1.82) is 5.26 Å². The van der Waals surface area contributed by atoms with Crippen molar-refractivity contribution in [2.24, 2.45) is 0 Å². The molecule has 0 radical (unpaired) electrons. The van der Waals surface area contributed by atoms with Gasteiger partial charge in [-0.3, -0.25) is 0 Å². The molecular weight excluding hydrogens is 384 g/mol. The second-order valence-electron chi connectivity index (χ2n) is 8.26. The summed E-state index contributed by atoms with van der Waals surface area (Å²) >= 11 is 0. The molecule has 3 aromatic rings. The van der Waals surface area contributed by atoms with Crippen molar-refractivity contribution in [3.05, 3.63) is 83.4 Å². The van der Waals surface area contributed by atoms with Gasteiger partial charge in [-0.05, 0) is 76.7 Å². The minimum absolute atomic E-state index is 0.244. The van der Waals surface area contributed by atoms with Crippen LogP contribution in [-0.2, 0) is 4.79 Å². The smallest absolute Gasteiger partial charge is 0.346 e. The van der Waals surface area contributed by atoms with Gasteiger partial charge in [0.15, 0.2) is 0 Å². The van der Waals surface area contributed by atoms with E-state index < -0.39 is 5.97 Å². The normalized spacial score (nSPS) is 19.7. The van der Waals surface area contributed by atoms with Gasteiger partial charge in [-0.25, -0.2) is 4.79 Å². The molecule has 0 bridgehead atoms. The number of anilines is 2. The fourth-order valence-corrected chi connectivity index (χ4v) is 5.14. The van der Waals surface area contributed by atoms with Crippen molar-refractivity contribution in [1.82, 2.24) is 0 Å². The van der Waals surface area contributed by atoms with E-state index in [0.29, 0.717) is 12.0 Å². The zero-order valence-corrected chi connectivity index (χ0v) is 17.1. The number of benzene rings is 3. The quantitative estimate of drug-likeness (QED) is 0.410. The van der Waals surface area contributed by atoms with Crippen LogP contribution in [0.1, 0.15) is 41.9 Å². The Balaban J connectivity index is 1.59. The summed E-state index contributed by atoms with van der Waals surface area (Å²) in [4.78, 5) is 13.7. The molecule has 2 unspecified atom stereocenters. The Morgan fingerprint density at radius 2 is 1.84 bits per heavy atom. The fraction of sp³-hybridized carbons (Fsp3) is 0.185. The maximum absolute atomic E-state index is 11.2. The number of nitriles is 1. The van der Waals surface area contributed by atoms with Crippen LogP contribution in [-0.4, -0.2) is 17.1 Å². The van der Waals surface area contributed by atoms with Gasteiger partial charge in [0.25, 0.3) is 0 Å². The Bertz CT molecular complexity index is 1300. The van der Waals surface area contributed by atoms with Crippen LogP contribution in [0.5, 0.6) is 0 Å². The van der Waals surface area contributed by atoms with E-state index in [4.69, 9.17) is 5.26 Å². The van der Waals surface area contributed by atoms with Crippen LogP contribution in [0, 0.1) is 11.3 Å². The maximum Gasteiger partial charge on any atom is 0.346 e. The van der Waals surface area contributed by atoms with Crippen molar-refractivity contribution >= 4 is 40.3 Å². The van der Waals surface area contributed by atoms with E-state index in [2.05, 4.69) is 60.0 Å². The Labute approximate surface area is 181 Å². The summed E-state index contributed by atoms with van der Waals surface area (Å²) in [5.74, 6) is -0.767. The predicted octanol–water partition coefficient (Wildman–Crippen LogP) is 6.26. The van der Waals surface area contributed by atoms with Crippen molar-refractivity contribution in [2.75, 3.05) is 4.90 Å². The second kappa shape index (κ2) is 7.45. The molecule has 0 amide bonds. The lowest BCUT2D eigenvalue weighted by Crippen LogP contribution is -2.26. The molecule has 4 nitrogen and oxygen atoms in total. The van der Waals surface area contributed by atoms with Crippen molar-refractivity contribution in [3.63, 3.8) is 0 Å². The maximum atomic E-state index is 11.2. The zero-order chi connectivity index (χ0) is 21.5. The van der Waals surface area contributed by atoms with Gasteiger partial charge in [0, 0.05) is 23.3 Å². The fourth-order valence-electron chi connectivity index (χ4n) is 5.14. The van der Waals surface area contributed by atoms with Crippen LogP contribution < -0.4 is 4.90 Å². The molecule has 0 saturated heterocycles. The van der Waals surface area contributed by atoms with Crippen LogP contribution >= 0.6 is 0 Å². The first-order valence-electron chi connectivity index (χ1n) is 10.5. The molecule has 0 spiro atoms. The second-order valence-corrected chi connectivity index (χ2v) is 8.26. The standard InChI is InChI=1S/C27H22N2O2/c1-2-17-6-8-20-15-22(10-9-19(20)12-17)29-25-5-3-4-23(25)24-14-18(7-11-26(24)29)13-21(16-28)27(30)31/h2,6-15,23,25H,1,3-5H2,(H,30,31)/b21-13+. The lowest BCUT2D eigenvalue weighted by Gasteiger charge is -2.27. The lowest BCUT2D eigenvalue weighted by molar-refractivity contribution is -0.132. The third kappa shape index (κ3) is 3.19. The lowest BCUT2D eigenvalue weighted by atomic mass is 9.95. The van der Waals surface area contributed by atoms with Gasteiger partial charge < -0.3 is 10.0 Å². The van der Waals surface area contributed by atoms with Crippen LogP contribution in [0.25, 0.3) is 22.9 Å². The van der Waals surface area contributed by atoms with Crippen molar-refractivity contribution in [3.8, 4) is 6.07 Å². The van der Waals surface area contributed by atoms with E-state index in [1.54, 1.807) is 6.07 Å². The van der Waals surface area contributed by atoms with E-state index in [1.807, 2.05) is 12.1 Å². The van der Waals surface area contributed by atoms with Gasteiger partial charge in [0.1, 0.15) is 11.6 Å². The molecule has 152 valence electrons. The molecule has 1 aliphatic heterocycles. The van der Waals surface area contributed by atoms with Crippen LogP contribution in [0.3, 0.4) is 0 Å². The Hall–Kier alpha value is -3.84. The Kier molecular flexibility index (Phi) is 4.60. The summed E-state index contributed by atoms with van der Waals surface area (Å²) < 4.78 is 0. The first kappa shape index (κ1) is 19.1. The molecule has 0 aromatic heterocycles. The van der Waals surface area contributed by atoms with Crippen LogP contribution in [0.15, 0.2) is 66.7 Å². The topological polar surface area (TPSA) is 64.3 Å². The monoisotopic (exact) mass is 406 g/mol. The van der Waals surface area contributed by atoms with Gasteiger partial charge in [-0.2, -0.15) is 5.26 Å². The number of hydrogen-bond donors (Lipinski definition) is 1. The summed E-state index contributed by atoms with van der Waals surface area (Å²) in [5.41, 5.74) is 5.25. The molecular formula is C27H22N2O2. The molecule has 3 aromatic carbocycles. The van der Waals surface area contributed by atoms with Gasteiger partial charge in [0.2, 0.25) is 0 Å². The highest BCUT2D eigenvalue weighted by Gasteiger charge is 2.42. The summed E-state index contributed by atoms with van der Waals surface area (Å²) in [7, 11) is 0. The number of carboxylic acids is 1. The van der Waals surface area contributed by atoms with Gasteiger partial charge in [-0.15, -0.1) is 0 Å². The number of carbonyl (C=O) groups is 1. The number of aliphatic carboxylic acids is 1. The average Bonchev–Trinajstić information content (AvgIpc) is 3.37. The number of nitrogens with zero attached hydrogens (tertiary/aromatic N) is 2. The van der Waals surface area contributed by atoms with E-state index in [9.17, 15) is 9.90 Å². The Morgan fingerprint density at radius 3 is 2.61 bits per heavy atom. The SMILES string of the molecule is C=Cc1ccc2cc(N3c4ccc(/C=C(\C#N)C(=O)O)cc4C4CCCC43)ccc2c1. The van der Waals surface area contributed by atoms with E-state index in [1.165, 1.54) is 40.2 Å². The molecule has 2 aliphatic rings. The molecule has 31 heavy (non-hydrogen) atoms. The number of hydrogen-bond acceptors (Lipinski definition) is 3. The highest BCUT2D eigenvalue weighted by molar-refractivity contribution is 5.96. The van der Waals surface area contributed by atoms with E-state index >= 15 is 0 Å². The largest absolute Gasteiger partial charge is 0.477 e. The number of fused-ring (bicyclic) bond motifs is 4. The van der Waals surface area contributed by atoms with Gasteiger partial charge >= 0.3 is 5.97 Å². The molecule has 2 atom stereocenters. The van der Waals surface area contributed by atoms with Crippen LogP contribution in [0.2, 0.25) is 0 Å². The number of rotatable bonds is 4. The summed E-state index contributed by atoms with van der Waals surface area (Å²) in [6.07, 6.45) is 6.77. The molecule has 5 rings (SSSR count). The van der Waals surface area contributed by atoms with Crippen molar-refractivity contribution in [2.45, 2.75) is 31.2 Å². The summed E-state index contributed by atoms with van der Waals surface area (Å²) in [6, 6.07) is 21.2. The minimum atomic E-state index is -1.20. The molecule has 1 fully saturated rings. The summed E-state index contributed by atoms with van der Waals surface area (Å²) in [6.45, 7) is 3.86. The van der Waals surface area contributed by atoms with E-state index in [0.717, 1.165) is 24.0 Å². The van der Waals surface area contributed by atoms with Crippen molar-refractivity contribution < 1.29 is 9.90 Å². The van der Waals surface area contributed by atoms with Gasteiger partial charge in [-0.1, -0.05) is 43.3 Å². The van der Waals surface area contributed by atoms with Crippen LogP contribution in [0.4, 0.5) is 11.4 Å². The first-order chi connectivity index (χ1) is 15.1. The predicted molar refractivity (Wildman–Crippen MR) is 124 cm³/mol. The first-order valence-corrected chi connectivity index (χ1v) is 10.5. The third-order valence-electron chi connectivity index (χ3n) is 6.55. The van der Waals surface area contributed by atoms with Gasteiger partial charge in [0.05, 0.1) is 0 Å². The Morgan fingerprint density at radius 1 is 1.06 bits per heavy atom. The molecule has 1 aliphatic carbocycles. The number of carboxylic acid groups (broad SMARTS) is 1. The third-order valence-corrected chi connectivity index (χ3v) is 6.55. The average molecular weight is 406 g/mol. The highest BCUT2D eigenvalue weighted by Crippen LogP contribution is 2.52. The minimum Gasteiger partial charge on any atom is -0.477 e. The highest BCUT2D eigenvalue weighted by atomic mass is 16.4. The molecule has 4 heteroatoms. The molecule has 1 saturated carbocycles.